The highest BCUT2D eigenvalue weighted by Gasteiger charge is 2.04. The number of rotatable bonds is 2. The predicted molar refractivity (Wildman–Crippen MR) is 62.7 cm³/mol. The number of anilines is 1. The smallest absolute Gasteiger partial charge is 0.321 e. The van der Waals surface area contributed by atoms with E-state index in [1.807, 2.05) is 6.92 Å². The van der Waals surface area contributed by atoms with Crippen molar-refractivity contribution in [3.8, 4) is 11.8 Å². The fourth-order valence-corrected chi connectivity index (χ4v) is 1.32. The largest absolute Gasteiger partial charge is 0.422 e. The summed E-state index contributed by atoms with van der Waals surface area (Å²) in [5.74, 6) is 0.494. The van der Waals surface area contributed by atoms with Crippen LogP contribution in [0.3, 0.4) is 0 Å². The first-order valence-electron chi connectivity index (χ1n) is 4.66. The van der Waals surface area contributed by atoms with Crippen molar-refractivity contribution in [2.75, 3.05) is 5.73 Å². The van der Waals surface area contributed by atoms with Gasteiger partial charge in [-0.05, 0) is 30.7 Å². The van der Waals surface area contributed by atoms with Crippen molar-refractivity contribution in [1.82, 2.24) is 9.97 Å². The molecule has 1 aromatic heterocycles. The molecule has 0 saturated carbocycles. The quantitative estimate of drug-likeness (QED) is 0.813. The number of aromatic nitrogens is 2. The summed E-state index contributed by atoms with van der Waals surface area (Å²) < 4.78 is 5.41. The number of nitrogen functional groups attached to an aromatic ring is 1. The van der Waals surface area contributed by atoms with Crippen LogP contribution in [0.25, 0.3) is 0 Å². The zero-order valence-corrected chi connectivity index (χ0v) is 9.40. The van der Waals surface area contributed by atoms with Crippen LogP contribution >= 0.6 is 11.6 Å². The van der Waals surface area contributed by atoms with E-state index in [0.29, 0.717) is 16.5 Å². The first-order chi connectivity index (χ1) is 7.65. The Balaban J connectivity index is 2.23. The van der Waals surface area contributed by atoms with Crippen LogP contribution in [0.5, 0.6) is 11.8 Å². The van der Waals surface area contributed by atoms with E-state index in [-0.39, 0.29) is 6.01 Å². The molecule has 4 nitrogen and oxygen atoms in total. The molecule has 0 fully saturated rings. The number of aryl methyl sites for hydroxylation is 1. The SMILES string of the molecule is Cc1cnc(Oc2ccc(Cl)cc2N)nc1. The van der Waals surface area contributed by atoms with Gasteiger partial charge >= 0.3 is 6.01 Å². The molecule has 2 N–H and O–H groups in total. The highest BCUT2D eigenvalue weighted by atomic mass is 35.5. The molecule has 1 heterocycles. The van der Waals surface area contributed by atoms with Crippen LogP contribution in [0.2, 0.25) is 5.02 Å². The summed E-state index contributed by atoms with van der Waals surface area (Å²) in [5.41, 5.74) is 7.16. The Morgan fingerprint density at radius 2 is 1.94 bits per heavy atom. The first kappa shape index (κ1) is 10.7. The molecule has 16 heavy (non-hydrogen) atoms. The predicted octanol–water partition coefficient (Wildman–Crippen LogP) is 2.81. The third-order valence-electron chi connectivity index (χ3n) is 1.93. The molecule has 0 spiro atoms. The minimum Gasteiger partial charge on any atom is -0.422 e. The van der Waals surface area contributed by atoms with Crippen molar-refractivity contribution in [3.63, 3.8) is 0 Å². The van der Waals surface area contributed by atoms with E-state index in [2.05, 4.69) is 9.97 Å². The number of nitrogens with two attached hydrogens (primary N) is 1. The highest BCUT2D eigenvalue weighted by molar-refractivity contribution is 6.30. The van der Waals surface area contributed by atoms with E-state index in [0.717, 1.165) is 5.56 Å². The molecule has 0 saturated heterocycles. The summed E-state index contributed by atoms with van der Waals surface area (Å²) in [7, 11) is 0. The van der Waals surface area contributed by atoms with Crippen molar-refractivity contribution >= 4 is 17.3 Å². The van der Waals surface area contributed by atoms with Crippen LogP contribution in [0.15, 0.2) is 30.6 Å². The fraction of sp³-hybridized carbons (Fsp3) is 0.0909. The first-order valence-corrected chi connectivity index (χ1v) is 5.04. The molecule has 0 aliphatic heterocycles. The zero-order chi connectivity index (χ0) is 11.5. The Kier molecular flexibility index (Phi) is 2.92. The van der Waals surface area contributed by atoms with Crippen LogP contribution in [-0.2, 0) is 0 Å². The summed E-state index contributed by atoms with van der Waals surface area (Å²) in [4.78, 5) is 8.03. The van der Waals surface area contributed by atoms with Gasteiger partial charge in [0, 0.05) is 17.4 Å². The van der Waals surface area contributed by atoms with Gasteiger partial charge in [0.1, 0.15) is 0 Å². The van der Waals surface area contributed by atoms with Gasteiger partial charge in [-0.1, -0.05) is 11.6 Å². The molecule has 0 amide bonds. The van der Waals surface area contributed by atoms with Crippen molar-refractivity contribution in [1.29, 1.82) is 0 Å². The van der Waals surface area contributed by atoms with Gasteiger partial charge in [-0.15, -0.1) is 0 Å². The second kappa shape index (κ2) is 4.37. The second-order valence-electron chi connectivity index (χ2n) is 3.33. The lowest BCUT2D eigenvalue weighted by Gasteiger charge is -2.06. The molecule has 2 aromatic rings. The second-order valence-corrected chi connectivity index (χ2v) is 3.76. The molecule has 0 aliphatic carbocycles. The summed E-state index contributed by atoms with van der Waals surface area (Å²) >= 11 is 5.77. The fourth-order valence-electron chi connectivity index (χ4n) is 1.14. The van der Waals surface area contributed by atoms with Gasteiger partial charge in [0.05, 0.1) is 5.69 Å². The van der Waals surface area contributed by atoms with E-state index in [9.17, 15) is 0 Å². The van der Waals surface area contributed by atoms with Crippen molar-refractivity contribution in [2.45, 2.75) is 6.92 Å². The molecule has 0 aliphatic rings. The maximum Gasteiger partial charge on any atom is 0.321 e. The topological polar surface area (TPSA) is 61.0 Å². The van der Waals surface area contributed by atoms with Gasteiger partial charge in [-0.3, -0.25) is 0 Å². The number of benzene rings is 1. The van der Waals surface area contributed by atoms with Crippen LogP contribution in [0, 0.1) is 6.92 Å². The number of ether oxygens (including phenoxy) is 1. The molecular weight excluding hydrogens is 226 g/mol. The average Bonchev–Trinajstić information content (AvgIpc) is 2.25. The van der Waals surface area contributed by atoms with Crippen LogP contribution in [0.4, 0.5) is 5.69 Å². The molecule has 0 unspecified atom stereocenters. The average molecular weight is 236 g/mol. The molecule has 0 radical (unpaired) electrons. The monoisotopic (exact) mass is 235 g/mol. The summed E-state index contributed by atoms with van der Waals surface area (Å²) in [6.45, 7) is 1.90. The Morgan fingerprint density at radius 1 is 1.25 bits per heavy atom. The number of nitrogens with zero attached hydrogens (tertiary/aromatic N) is 2. The number of hydrogen-bond donors (Lipinski definition) is 1. The highest BCUT2D eigenvalue weighted by Crippen LogP contribution is 2.27. The lowest BCUT2D eigenvalue weighted by atomic mass is 10.3. The molecule has 0 atom stereocenters. The minimum atomic E-state index is 0.264. The van der Waals surface area contributed by atoms with Crippen LogP contribution < -0.4 is 10.5 Å². The Labute approximate surface area is 98.0 Å². The summed E-state index contributed by atoms with van der Waals surface area (Å²) in [6.07, 6.45) is 3.35. The van der Waals surface area contributed by atoms with E-state index < -0.39 is 0 Å². The van der Waals surface area contributed by atoms with E-state index in [1.165, 1.54) is 0 Å². The van der Waals surface area contributed by atoms with Crippen LogP contribution in [-0.4, -0.2) is 9.97 Å². The molecule has 0 bridgehead atoms. The maximum atomic E-state index is 5.77. The van der Waals surface area contributed by atoms with Gasteiger partial charge in [-0.2, -0.15) is 0 Å². The third-order valence-corrected chi connectivity index (χ3v) is 2.17. The third kappa shape index (κ3) is 2.41. The molecule has 1 aromatic carbocycles. The van der Waals surface area contributed by atoms with Crippen LogP contribution in [0.1, 0.15) is 5.56 Å². The van der Waals surface area contributed by atoms with E-state index in [1.54, 1.807) is 30.6 Å². The van der Waals surface area contributed by atoms with Crippen molar-refractivity contribution in [3.05, 3.63) is 41.2 Å². The number of halogens is 1. The molecule has 2 rings (SSSR count). The summed E-state index contributed by atoms with van der Waals surface area (Å²) in [6, 6.07) is 5.26. The normalized spacial score (nSPS) is 10.1. The molecule has 5 heteroatoms. The van der Waals surface area contributed by atoms with Gasteiger partial charge < -0.3 is 10.5 Å². The lowest BCUT2D eigenvalue weighted by Crippen LogP contribution is -1.95. The van der Waals surface area contributed by atoms with Gasteiger partial charge in [0.25, 0.3) is 0 Å². The van der Waals surface area contributed by atoms with Gasteiger partial charge in [0.15, 0.2) is 5.75 Å². The van der Waals surface area contributed by atoms with Gasteiger partial charge in [-0.25, -0.2) is 9.97 Å². The van der Waals surface area contributed by atoms with Crippen molar-refractivity contribution in [2.24, 2.45) is 0 Å². The maximum absolute atomic E-state index is 5.77. The Hall–Kier alpha value is -1.81. The Morgan fingerprint density at radius 3 is 2.56 bits per heavy atom. The molecular formula is C11H10ClN3O. The van der Waals surface area contributed by atoms with E-state index >= 15 is 0 Å². The Bertz CT molecular complexity index is 499. The minimum absolute atomic E-state index is 0.264. The van der Waals surface area contributed by atoms with Crippen molar-refractivity contribution < 1.29 is 4.74 Å². The van der Waals surface area contributed by atoms with E-state index in [4.69, 9.17) is 22.1 Å². The zero-order valence-electron chi connectivity index (χ0n) is 8.64. The summed E-state index contributed by atoms with van der Waals surface area (Å²) in [5, 5.41) is 0.565. The lowest BCUT2D eigenvalue weighted by molar-refractivity contribution is 0.443. The standard InChI is InChI=1S/C11H10ClN3O/c1-7-5-14-11(15-6-7)16-10-3-2-8(12)4-9(10)13/h2-6H,13H2,1H3. The number of hydrogen-bond acceptors (Lipinski definition) is 4. The molecule has 82 valence electrons. The van der Waals surface area contributed by atoms with Gasteiger partial charge in [0.2, 0.25) is 0 Å².